The fraction of sp³-hybridized carbons (Fsp3) is 0.833. The molecule has 0 saturated carbocycles. The number of carbonyl (C=O) groups excluding carboxylic acids is 4. The van der Waals surface area contributed by atoms with Gasteiger partial charge in [-0.2, -0.15) is 0 Å². The van der Waals surface area contributed by atoms with Crippen LogP contribution in [0.2, 0.25) is 0 Å². The van der Waals surface area contributed by atoms with Gasteiger partial charge in [-0.15, -0.1) is 0 Å². The molecule has 0 bridgehead atoms. The first kappa shape index (κ1) is 29.2. The van der Waals surface area contributed by atoms with Crippen molar-refractivity contribution in [2.45, 2.75) is 107 Å². The van der Waals surface area contributed by atoms with Gasteiger partial charge in [0.15, 0.2) is 5.78 Å². The molecule has 0 aliphatic rings. The number of rotatable bonds is 8. The summed E-state index contributed by atoms with van der Waals surface area (Å²) in [5.41, 5.74) is -2.16. The zero-order valence-corrected chi connectivity index (χ0v) is 21.8. The lowest BCUT2D eigenvalue weighted by atomic mass is 9.85. The molecule has 0 rings (SSSR count). The monoisotopic (exact) mass is 439 g/mol. The van der Waals surface area contributed by atoms with Crippen molar-refractivity contribution < 1.29 is 19.2 Å². The summed E-state index contributed by atoms with van der Waals surface area (Å²) >= 11 is 0. The molecular weight excluding hydrogens is 394 g/mol. The van der Waals surface area contributed by atoms with Gasteiger partial charge in [0.2, 0.25) is 11.8 Å². The van der Waals surface area contributed by atoms with E-state index in [1.807, 2.05) is 41.5 Å². The Morgan fingerprint density at radius 1 is 0.774 bits per heavy atom. The summed E-state index contributed by atoms with van der Waals surface area (Å²) in [7, 11) is 0. The maximum absolute atomic E-state index is 13.1. The van der Waals surface area contributed by atoms with Crippen molar-refractivity contribution in [3.63, 3.8) is 0 Å². The molecule has 1 unspecified atom stereocenters. The van der Waals surface area contributed by atoms with Gasteiger partial charge in [0.1, 0.15) is 11.8 Å². The van der Waals surface area contributed by atoms with Crippen LogP contribution in [0.1, 0.15) is 89.5 Å². The molecule has 0 radical (unpaired) electrons. The number of amides is 2. The number of nitrogens with one attached hydrogen (secondary N) is 2. The van der Waals surface area contributed by atoms with Crippen molar-refractivity contribution in [3.05, 3.63) is 0 Å². The molecule has 2 amide bonds. The SMILES string of the molecule is CC(C)(C)NCC(=O)N(CC(NC(=O)CC(=O)C(C)(C)C)C(=O)C(C)(C)C)C(C)(C)C. The van der Waals surface area contributed by atoms with Gasteiger partial charge in [0, 0.05) is 28.5 Å². The molecule has 0 aromatic heterocycles. The minimum absolute atomic E-state index is 0.0414. The Hall–Kier alpha value is -1.76. The highest BCUT2D eigenvalue weighted by molar-refractivity contribution is 6.02. The molecular formula is C24H45N3O4. The van der Waals surface area contributed by atoms with E-state index in [0.29, 0.717) is 0 Å². The van der Waals surface area contributed by atoms with Crippen molar-refractivity contribution in [3.8, 4) is 0 Å². The van der Waals surface area contributed by atoms with Crippen LogP contribution in [0.15, 0.2) is 0 Å². The molecule has 0 aromatic carbocycles. The highest BCUT2D eigenvalue weighted by atomic mass is 16.2. The summed E-state index contributed by atoms with van der Waals surface area (Å²) in [6.07, 6.45) is -0.299. The molecule has 0 spiro atoms. The third-order valence-corrected chi connectivity index (χ3v) is 4.79. The van der Waals surface area contributed by atoms with Gasteiger partial charge < -0.3 is 15.5 Å². The van der Waals surface area contributed by atoms with Gasteiger partial charge in [-0.3, -0.25) is 19.2 Å². The number of Topliss-reactive ketones (excluding diaryl/α,β-unsaturated/α-hetero) is 2. The summed E-state index contributed by atoms with van der Waals surface area (Å²) in [6.45, 7) is 22.3. The molecule has 0 aliphatic carbocycles. The largest absolute Gasteiger partial charge is 0.344 e. The smallest absolute Gasteiger partial charge is 0.237 e. The molecule has 1 atom stereocenters. The van der Waals surface area contributed by atoms with Gasteiger partial charge in [-0.25, -0.2) is 0 Å². The van der Waals surface area contributed by atoms with E-state index in [1.54, 1.807) is 46.4 Å². The minimum atomic E-state index is -0.905. The zero-order valence-electron chi connectivity index (χ0n) is 21.8. The molecule has 180 valence electrons. The first-order valence-electron chi connectivity index (χ1n) is 11.0. The third-order valence-electron chi connectivity index (χ3n) is 4.79. The predicted molar refractivity (Wildman–Crippen MR) is 125 cm³/mol. The number of carbonyl (C=O) groups is 4. The van der Waals surface area contributed by atoms with E-state index in [2.05, 4.69) is 10.6 Å². The van der Waals surface area contributed by atoms with E-state index in [-0.39, 0.29) is 42.5 Å². The molecule has 2 N–H and O–H groups in total. The second kappa shape index (κ2) is 10.2. The fourth-order valence-electron chi connectivity index (χ4n) is 2.74. The van der Waals surface area contributed by atoms with Crippen LogP contribution in [-0.2, 0) is 19.2 Å². The van der Waals surface area contributed by atoms with Crippen LogP contribution in [0.25, 0.3) is 0 Å². The average Bonchev–Trinajstić information content (AvgIpc) is 2.52. The van der Waals surface area contributed by atoms with Crippen molar-refractivity contribution in [2.75, 3.05) is 13.1 Å². The fourth-order valence-corrected chi connectivity index (χ4v) is 2.74. The van der Waals surface area contributed by atoms with Crippen LogP contribution >= 0.6 is 0 Å². The maximum Gasteiger partial charge on any atom is 0.237 e. The molecule has 0 aliphatic heterocycles. The summed E-state index contributed by atoms with van der Waals surface area (Å²) in [5.74, 6) is -1.05. The predicted octanol–water partition coefficient (Wildman–Crippen LogP) is 3.11. The van der Waals surface area contributed by atoms with E-state index in [9.17, 15) is 19.2 Å². The van der Waals surface area contributed by atoms with Crippen LogP contribution in [0.4, 0.5) is 0 Å². The molecule has 7 nitrogen and oxygen atoms in total. The van der Waals surface area contributed by atoms with Crippen LogP contribution in [0, 0.1) is 10.8 Å². The average molecular weight is 440 g/mol. The standard InChI is InChI=1S/C24H45N3O4/c1-21(2,3)17(28)13-18(29)26-16(20(31)22(4,5)6)15-27(24(10,11)12)19(30)14-25-23(7,8)9/h16,25H,13-15H2,1-12H3,(H,26,29). The lowest BCUT2D eigenvalue weighted by Gasteiger charge is -2.39. The number of hydrogen-bond acceptors (Lipinski definition) is 5. The van der Waals surface area contributed by atoms with Crippen LogP contribution in [0.5, 0.6) is 0 Å². The maximum atomic E-state index is 13.1. The summed E-state index contributed by atoms with van der Waals surface area (Å²) < 4.78 is 0. The molecule has 31 heavy (non-hydrogen) atoms. The van der Waals surface area contributed by atoms with Gasteiger partial charge in [-0.05, 0) is 41.5 Å². The zero-order chi connectivity index (χ0) is 25.0. The highest BCUT2D eigenvalue weighted by Crippen LogP contribution is 2.21. The summed E-state index contributed by atoms with van der Waals surface area (Å²) in [4.78, 5) is 52.6. The van der Waals surface area contributed by atoms with Crippen LogP contribution < -0.4 is 10.6 Å². The van der Waals surface area contributed by atoms with Crippen molar-refractivity contribution in [2.24, 2.45) is 10.8 Å². The highest BCUT2D eigenvalue weighted by Gasteiger charge is 2.37. The molecule has 0 heterocycles. The first-order chi connectivity index (χ1) is 13.6. The van der Waals surface area contributed by atoms with Gasteiger partial charge >= 0.3 is 0 Å². The first-order valence-corrected chi connectivity index (χ1v) is 11.0. The lowest BCUT2D eigenvalue weighted by Crippen LogP contribution is -2.59. The number of ketones is 2. The van der Waals surface area contributed by atoms with E-state index in [4.69, 9.17) is 0 Å². The van der Waals surface area contributed by atoms with Crippen molar-refractivity contribution in [1.29, 1.82) is 0 Å². The van der Waals surface area contributed by atoms with E-state index in [0.717, 1.165) is 0 Å². The Morgan fingerprint density at radius 2 is 1.26 bits per heavy atom. The van der Waals surface area contributed by atoms with Crippen molar-refractivity contribution in [1.82, 2.24) is 15.5 Å². The molecule has 0 fully saturated rings. The van der Waals surface area contributed by atoms with E-state index < -0.39 is 28.3 Å². The summed E-state index contributed by atoms with van der Waals surface area (Å²) in [6, 6.07) is -0.905. The van der Waals surface area contributed by atoms with E-state index in [1.165, 1.54) is 0 Å². The Morgan fingerprint density at radius 3 is 1.61 bits per heavy atom. The lowest BCUT2D eigenvalue weighted by molar-refractivity contribution is -0.141. The Kier molecular flexibility index (Phi) is 9.66. The Labute approximate surface area is 189 Å². The topological polar surface area (TPSA) is 95.6 Å². The number of hydrogen-bond donors (Lipinski definition) is 2. The molecule has 0 saturated heterocycles. The van der Waals surface area contributed by atoms with E-state index >= 15 is 0 Å². The quantitative estimate of drug-likeness (QED) is 0.567. The minimum Gasteiger partial charge on any atom is -0.344 e. The molecule has 0 aromatic rings. The Bertz CT molecular complexity index is 671. The second-order valence-electron chi connectivity index (χ2n) is 12.4. The van der Waals surface area contributed by atoms with Gasteiger partial charge in [0.25, 0.3) is 0 Å². The van der Waals surface area contributed by atoms with Crippen LogP contribution in [0.3, 0.4) is 0 Å². The third kappa shape index (κ3) is 10.9. The summed E-state index contributed by atoms with van der Waals surface area (Å²) in [5, 5.41) is 5.91. The number of nitrogens with zero attached hydrogens (tertiary/aromatic N) is 1. The Balaban J connectivity index is 5.73. The van der Waals surface area contributed by atoms with Gasteiger partial charge in [-0.1, -0.05) is 41.5 Å². The van der Waals surface area contributed by atoms with Gasteiger partial charge in [0.05, 0.1) is 13.0 Å². The van der Waals surface area contributed by atoms with Crippen molar-refractivity contribution >= 4 is 23.4 Å². The molecule has 7 heteroatoms. The second-order valence-corrected chi connectivity index (χ2v) is 12.4. The normalized spacial score (nSPS) is 14.1. The van der Waals surface area contributed by atoms with Crippen LogP contribution in [-0.4, -0.2) is 58.5 Å².